The third-order valence-corrected chi connectivity index (χ3v) is 4.06. The Labute approximate surface area is 108 Å². The van der Waals surface area contributed by atoms with Crippen molar-refractivity contribution in [2.45, 2.75) is 19.8 Å². The maximum absolute atomic E-state index is 11.1. The van der Waals surface area contributed by atoms with Crippen molar-refractivity contribution in [3.63, 3.8) is 0 Å². The fourth-order valence-corrected chi connectivity index (χ4v) is 2.99. The van der Waals surface area contributed by atoms with E-state index in [1.54, 1.807) is 0 Å². The van der Waals surface area contributed by atoms with E-state index in [-0.39, 0.29) is 5.50 Å². The van der Waals surface area contributed by atoms with Gasteiger partial charge in [0.2, 0.25) is 5.50 Å². The highest BCUT2D eigenvalue weighted by Gasteiger charge is 2.24. The number of anilines is 1. The van der Waals surface area contributed by atoms with Crippen LogP contribution >= 0.6 is 18.9 Å². The van der Waals surface area contributed by atoms with Gasteiger partial charge in [0, 0.05) is 4.88 Å². The highest BCUT2D eigenvalue weighted by Crippen LogP contribution is 2.37. The van der Waals surface area contributed by atoms with E-state index in [4.69, 9.17) is 19.9 Å². The van der Waals surface area contributed by atoms with Gasteiger partial charge in [-0.25, -0.2) is 4.98 Å². The third-order valence-electron chi connectivity index (χ3n) is 2.30. The summed E-state index contributed by atoms with van der Waals surface area (Å²) in [5.41, 5.74) is 5.87. The van der Waals surface area contributed by atoms with E-state index in [9.17, 15) is 4.57 Å². The van der Waals surface area contributed by atoms with Crippen molar-refractivity contribution in [3.8, 4) is 11.5 Å². The number of rotatable bonds is 4. The summed E-state index contributed by atoms with van der Waals surface area (Å²) in [6.45, 7) is 2.03. The zero-order valence-electron chi connectivity index (χ0n) is 9.66. The molecule has 98 valence electrons. The van der Waals surface area contributed by atoms with Gasteiger partial charge in [-0.2, -0.15) is 0 Å². The number of hydrogen-bond acceptors (Lipinski definition) is 5. The summed E-state index contributed by atoms with van der Waals surface area (Å²) in [5, 5.41) is 0.419. The zero-order valence-corrected chi connectivity index (χ0v) is 11.4. The third kappa shape index (κ3) is 2.64. The van der Waals surface area contributed by atoms with E-state index < -0.39 is 7.60 Å². The second kappa shape index (κ2) is 4.85. The van der Waals surface area contributed by atoms with Crippen LogP contribution in [0.3, 0.4) is 0 Å². The molecule has 0 aromatic carbocycles. The van der Waals surface area contributed by atoms with E-state index in [1.165, 1.54) is 23.5 Å². The van der Waals surface area contributed by atoms with Gasteiger partial charge >= 0.3 is 7.60 Å². The summed E-state index contributed by atoms with van der Waals surface area (Å²) in [6.07, 6.45) is 1.73. The van der Waals surface area contributed by atoms with E-state index in [1.807, 2.05) is 6.92 Å². The van der Waals surface area contributed by atoms with E-state index in [0.29, 0.717) is 16.6 Å². The average Bonchev–Trinajstić information content (AvgIpc) is 2.84. The average molecular weight is 288 g/mol. The Hall–Kier alpha value is -1.14. The minimum absolute atomic E-state index is 0.338. The van der Waals surface area contributed by atoms with Crippen LogP contribution in [0, 0.1) is 0 Å². The molecule has 2 rings (SSSR count). The van der Waals surface area contributed by atoms with E-state index in [2.05, 4.69) is 4.98 Å². The summed E-state index contributed by atoms with van der Waals surface area (Å²) in [7, 11) is -4.36. The summed E-state index contributed by atoms with van der Waals surface area (Å²) in [6, 6.07) is 2.77. The molecule has 0 saturated carbocycles. The first-order chi connectivity index (χ1) is 8.41. The van der Waals surface area contributed by atoms with Crippen molar-refractivity contribution in [1.82, 2.24) is 4.98 Å². The number of hydrogen-bond donors (Lipinski definition) is 3. The molecular weight excluding hydrogens is 275 g/mol. The molecule has 18 heavy (non-hydrogen) atoms. The van der Waals surface area contributed by atoms with Crippen LogP contribution < -0.4 is 11.2 Å². The number of aromatic nitrogens is 1. The summed E-state index contributed by atoms with van der Waals surface area (Å²) < 4.78 is 16.2. The van der Waals surface area contributed by atoms with Crippen molar-refractivity contribution in [1.29, 1.82) is 0 Å². The second-order valence-electron chi connectivity index (χ2n) is 3.76. The van der Waals surface area contributed by atoms with Gasteiger partial charge in [-0.1, -0.05) is 13.3 Å². The van der Waals surface area contributed by atoms with Crippen LogP contribution in [0.15, 0.2) is 16.5 Å². The lowest BCUT2D eigenvalue weighted by Crippen LogP contribution is -1.98. The molecule has 0 aliphatic carbocycles. The first-order valence-electron chi connectivity index (χ1n) is 5.33. The van der Waals surface area contributed by atoms with Crippen LogP contribution in [-0.4, -0.2) is 14.8 Å². The molecule has 0 aliphatic rings. The normalized spacial score (nSPS) is 11.9. The molecule has 0 amide bonds. The Kier molecular flexibility index (Phi) is 3.59. The number of aryl methyl sites for hydroxylation is 1. The lowest BCUT2D eigenvalue weighted by atomic mass is 10.2. The molecular formula is C10H13N2O4PS. The maximum Gasteiger partial charge on any atom is 0.391 e. The van der Waals surface area contributed by atoms with Crippen molar-refractivity contribution in [2.24, 2.45) is 0 Å². The lowest BCUT2D eigenvalue weighted by molar-refractivity contribution is 0.377. The minimum atomic E-state index is -4.36. The van der Waals surface area contributed by atoms with Crippen LogP contribution in [0.25, 0.3) is 11.5 Å². The number of furan rings is 1. The molecule has 0 atom stereocenters. The van der Waals surface area contributed by atoms with Crippen LogP contribution in [0.2, 0.25) is 0 Å². The second-order valence-corrected chi connectivity index (χ2v) is 6.40. The molecule has 0 bridgehead atoms. The van der Waals surface area contributed by atoms with Gasteiger partial charge < -0.3 is 19.9 Å². The molecule has 4 N–H and O–H groups in total. The van der Waals surface area contributed by atoms with Crippen LogP contribution in [0.1, 0.15) is 18.2 Å². The molecule has 0 spiro atoms. The van der Waals surface area contributed by atoms with Crippen molar-refractivity contribution in [2.75, 3.05) is 5.73 Å². The Morgan fingerprint density at radius 3 is 2.78 bits per heavy atom. The number of nitrogen functional groups attached to an aromatic ring is 1. The molecule has 0 radical (unpaired) electrons. The highest BCUT2D eigenvalue weighted by molar-refractivity contribution is 7.59. The number of thiazole rings is 1. The SMILES string of the molecule is CCCc1sc(N)nc1-c1ccc(P(=O)(O)O)o1. The van der Waals surface area contributed by atoms with Gasteiger partial charge in [0.05, 0.1) is 0 Å². The van der Waals surface area contributed by atoms with E-state index >= 15 is 0 Å². The first kappa shape index (κ1) is 13.3. The Morgan fingerprint density at radius 1 is 1.50 bits per heavy atom. The molecule has 2 aromatic heterocycles. The fourth-order valence-electron chi connectivity index (χ4n) is 1.57. The van der Waals surface area contributed by atoms with Gasteiger partial charge in [-0.05, 0) is 18.6 Å². The standard InChI is InChI=1S/C10H13N2O4PS/c1-2-3-7-9(12-10(11)18-7)6-4-5-8(16-6)17(13,14)15/h4-5H,2-3H2,1H3,(H2,11,12)(H2,13,14,15). The van der Waals surface area contributed by atoms with Crippen LogP contribution in [-0.2, 0) is 11.0 Å². The minimum Gasteiger partial charge on any atom is -0.446 e. The van der Waals surface area contributed by atoms with Crippen molar-refractivity contribution < 1.29 is 18.8 Å². The summed E-state index contributed by atoms with van der Waals surface area (Å²) >= 11 is 1.36. The topological polar surface area (TPSA) is 110 Å². The summed E-state index contributed by atoms with van der Waals surface area (Å²) in [5.74, 6) is 0.338. The number of nitrogens with two attached hydrogens (primary N) is 1. The smallest absolute Gasteiger partial charge is 0.391 e. The maximum atomic E-state index is 11.1. The van der Waals surface area contributed by atoms with E-state index in [0.717, 1.165) is 17.7 Å². The molecule has 2 aromatic rings. The quantitative estimate of drug-likeness (QED) is 0.739. The van der Waals surface area contributed by atoms with Gasteiger partial charge in [0.25, 0.3) is 0 Å². The Balaban J connectivity index is 2.42. The molecule has 0 saturated heterocycles. The largest absolute Gasteiger partial charge is 0.446 e. The van der Waals surface area contributed by atoms with Crippen LogP contribution in [0.4, 0.5) is 5.13 Å². The molecule has 0 fully saturated rings. The Bertz CT molecular complexity index is 601. The molecule has 6 nitrogen and oxygen atoms in total. The van der Waals surface area contributed by atoms with Gasteiger partial charge in [-0.15, -0.1) is 11.3 Å². The van der Waals surface area contributed by atoms with Crippen molar-refractivity contribution >= 4 is 29.6 Å². The molecule has 0 aliphatic heterocycles. The predicted molar refractivity (Wildman–Crippen MR) is 69.9 cm³/mol. The van der Waals surface area contributed by atoms with Gasteiger partial charge in [-0.3, -0.25) is 4.57 Å². The predicted octanol–water partition coefficient (Wildman–Crippen LogP) is 1.74. The Morgan fingerprint density at radius 2 is 2.22 bits per heavy atom. The molecule has 2 heterocycles. The zero-order chi connectivity index (χ0) is 13.3. The lowest BCUT2D eigenvalue weighted by Gasteiger charge is -1.99. The fraction of sp³-hybridized carbons (Fsp3) is 0.300. The first-order valence-corrected chi connectivity index (χ1v) is 7.76. The van der Waals surface area contributed by atoms with Crippen molar-refractivity contribution in [3.05, 3.63) is 17.0 Å². The van der Waals surface area contributed by atoms with Gasteiger partial charge in [0.15, 0.2) is 10.9 Å². The van der Waals surface area contributed by atoms with Gasteiger partial charge in [0.1, 0.15) is 5.69 Å². The summed E-state index contributed by atoms with van der Waals surface area (Å²) in [4.78, 5) is 23.1. The highest BCUT2D eigenvalue weighted by atomic mass is 32.1. The number of nitrogens with zero attached hydrogens (tertiary/aromatic N) is 1. The van der Waals surface area contributed by atoms with Crippen LogP contribution in [0.5, 0.6) is 0 Å². The monoisotopic (exact) mass is 288 g/mol. The molecule has 8 heteroatoms. The molecule has 0 unspecified atom stereocenters.